The zero-order valence-corrected chi connectivity index (χ0v) is 10.7. The van der Waals surface area contributed by atoms with E-state index in [1.54, 1.807) is 0 Å². The van der Waals surface area contributed by atoms with Crippen LogP contribution < -0.4 is 0 Å². The van der Waals surface area contributed by atoms with E-state index >= 15 is 0 Å². The Kier molecular flexibility index (Phi) is 2.72. The first kappa shape index (κ1) is 10.3. The molecule has 0 bridgehead atoms. The van der Waals surface area contributed by atoms with Crippen LogP contribution >= 0.6 is 22.6 Å². The Morgan fingerprint density at radius 1 is 1.33 bits per heavy atom. The van der Waals surface area contributed by atoms with Gasteiger partial charge in [0, 0.05) is 3.42 Å². The fourth-order valence-corrected chi connectivity index (χ4v) is 2.63. The van der Waals surface area contributed by atoms with Gasteiger partial charge in [-0.2, -0.15) is 0 Å². The number of hydrogen-bond donors (Lipinski definition) is 0. The molecule has 2 unspecified atom stereocenters. The van der Waals surface area contributed by atoms with Crippen LogP contribution in [0.25, 0.3) is 0 Å². The quantitative estimate of drug-likeness (QED) is 0.461. The van der Waals surface area contributed by atoms with Crippen molar-refractivity contribution in [2.75, 3.05) is 0 Å². The topological polar surface area (TPSA) is 0 Å². The zero-order chi connectivity index (χ0) is 9.52. The molecule has 1 aliphatic rings. The first-order valence-electron chi connectivity index (χ1n) is 4.42. The number of halogens is 1. The lowest BCUT2D eigenvalue weighted by Gasteiger charge is -2.36. The lowest BCUT2D eigenvalue weighted by molar-refractivity contribution is 0.559. The predicted molar refractivity (Wildman–Crippen MR) is 63.7 cm³/mol. The summed E-state index contributed by atoms with van der Waals surface area (Å²) in [6, 6.07) is 0. The van der Waals surface area contributed by atoms with Gasteiger partial charge in [0.1, 0.15) is 0 Å². The van der Waals surface area contributed by atoms with Crippen LogP contribution in [0.2, 0.25) is 0 Å². The number of alkyl halides is 1. The van der Waals surface area contributed by atoms with Gasteiger partial charge in [-0.05, 0) is 33.6 Å². The molecule has 0 aromatic carbocycles. The molecule has 0 fully saturated rings. The van der Waals surface area contributed by atoms with Crippen molar-refractivity contribution in [3.8, 4) is 0 Å². The van der Waals surface area contributed by atoms with E-state index in [1.807, 2.05) is 0 Å². The van der Waals surface area contributed by atoms with Gasteiger partial charge in [-0.1, -0.05) is 52.3 Å². The molecule has 0 N–H and O–H groups in total. The molecule has 0 aromatic rings. The van der Waals surface area contributed by atoms with E-state index in [0.29, 0.717) is 9.34 Å². The van der Waals surface area contributed by atoms with Crippen LogP contribution in [0.15, 0.2) is 22.8 Å². The summed E-state index contributed by atoms with van der Waals surface area (Å²) in [6.45, 7) is 11.3. The largest absolute Gasteiger partial charge is 0.0737 e. The van der Waals surface area contributed by atoms with Crippen molar-refractivity contribution in [2.24, 2.45) is 5.92 Å². The van der Waals surface area contributed by atoms with Crippen molar-refractivity contribution in [2.45, 2.75) is 38.0 Å². The molecular formula is C11H17I. The molecule has 0 radical (unpaired) electrons. The number of hydrogen-bond acceptors (Lipinski definition) is 0. The Morgan fingerprint density at radius 2 is 1.83 bits per heavy atom. The summed E-state index contributed by atoms with van der Waals surface area (Å²) in [6.07, 6.45) is 2.32. The fourth-order valence-electron chi connectivity index (χ4n) is 1.71. The highest BCUT2D eigenvalue weighted by molar-refractivity contribution is 14.1. The Morgan fingerprint density at radius 3 is 2.33 bits per heavy atom. The van der Waals surface area contributed by atoms with Crippen molar-refractivity contribution >= 4 is 22.6 Å². The Labute approximate surface area is 89.3 Å². The summed E-state index contributed by atoms with van der Waals surface area (Å²) in [7, 11) is 0. The van der Waals surface area contributed by atoms with Crippen molar-refractivity contribution in [3.05, 3.63) is 22.8 Å². The minimum absolute atomic E-state index is 0.320. The molecule has 1 heteroatoms. The van der Waals surface area contributed by atoms with Crippen LogP contribution in [0, 0.1) is 5.92 Å². The molecule has 0 amide bonds. The van der Waals surface area contributed by atoms with Gasteiger partial charge in [0.2, 0.25) is 0 Å². The molecule has 0 saturated heterocycles. The molecule has 0 saturated carbocycles. The van der Waals surface area contributed by atoms with Gasteiger partial charge in [0.05, 0.1) is 0 Å². The second kappa shape index (κ2) is 3.17. The van der Waals surface area contributed by atoms with Gasteiger partial charge in [-0.3, -0.25) is 0 Å². The SMILES string of the molecule is CC1=CC(C)=C(C)C(C)(I)C1C. The minimum Gasteiger partial charge on any atom is -0.0737 e. The van der Waals surface area contributed by atoms with Crippen LogP contribution in [0.3, 0.4) is 0 Å². The van der Waals surface area contributed by atoms with Gasteiger partial charge >= 0.3 is 0 Å². The summed E-state index contributed by atoms with van der Waals surface area (Å²) in [4.78, 5) is 0. The standard InChI is InChI=1S/C11H17I/c1-7-6-8(2)10(4)11(5,12)9(7)3/h6,9H,1-5H3. The van der Waals surface area contributed by atoms with Gasteiger partial charge in [0.15, 0.2) is 0 Å². The van der Waals surface area contributed by atoms with E-state index in [2.05, 4.69) is 63.3 Å². The maximum absolute atomic E-state index is 2.57. The maximum Gasteiger partial charge on any atom is 0.0467 e. The van der Waals surface area contributed by atoms with E-state index < -0.39 is 0 Å². The molecule has 0 heterocycles. The van der Waals surface area contributed by atoms with E-state index in [9.17, 15) is 0 Å². The van der Waals surface area contributed by atoms with Crippen LogP contribution in [-0.2, 0) is 0 Å². The second-order valence-corrected chi connectivity index (χ2v) is 6.23. The average Bonchev–Trinajstić information content (AvgIpc) is 1.99. The van der Waals surface area contributed by atoms with Gasteiger partial charge in [0.25, 0.3) is 0 Å². The molecule has 2 atom stereocenters. The van der Waals surface area contributed by atoms with Crippen LogP contribution in [0.4, 0.5) is 0 Å². The molecule has 0 aliphatic heterocycles. The maximum atomic E-state index is 2.57. The van der Waals surface area contributed by atoms with E-state index in [0.717, 1.165) is 0 Å². The molecule has 12 heavy (non-hydrogen) atoms. The molecule has 1 rings (SSSR count). The minimum atomic E-state index is 0.320. The lowest BCUT2D eigenvalue weighted by atomic mass is 9.78. The van der Waals surface area contributed by atoms with Crippen molar-refractivity contribution < 1.29 is 0 Å². The third-order valence-corrected chi connectivity index (χ3v) is 5.01. The van der Waals surface area contributed by atoms with Gasteiger partial charge in [-0.25, -0.2) is 0 Å². The third kappa shape index (κ3) is 1.48. The van der Waals surface area contributed by atoms with Crippen molar-refractivity contribution in [3.63, 3.8) is 0 Å². The monoisotopic (exact) mass is 276 g/mol. The molecule has 0 aromatic heterocycles. The van der Waals surface area contributed by atoms with Crippen molar-refractivity contribution in [1.82, 2.24) is 0 Å². The number of rotatable bonds is 0. The first-order chi connectivity index (χ1) is 5.37. The summed E-state index contributed by atoms with van der Waals surface area (Å²) >= 11 is 2.57. The van der Waals surface area contributed by atoms with Crippen molar-refractivity contribution in [1.29, 1.82) is 0 Å². The van der Waals surface area contributed by atoms with Gasteiger partial charge in [-0.15, -0.1) is 0 Å². The Balaban J connectivity index is 3.18. The van der Waals surface area contributed by atoms with Crippen LogP contribution in [-0.4, -0.2) is 3.42 Å². The average molecular weight is 276 g/mol. The molecule has 0 spiro atoms. The number of allylic oxidation sites excluding steroid dienone is 4. The summed E-state index contributed by atoms with van der Waals surface area (Å²) < 4.78 is 0.320. The first-order valence-corrected chi connectivity index (χ1v) is 5.50. The highest BCUT2D eigenvalue weighted by Gasteiger charge is 2.34. The van der Waals surface area contributed by atoms with E-state index in [1.165, 1.54) is 16.7 Å². The Hall–Kier alpha value is 0.210. The summed E-state index contributed by atoms with van der Waals surface area (Å²) in [5, 5.41) is 0. The molecular weight excluding hydrogens is 259 g/mol. The van der Waals surface area contributed by atoms with E-state index in [-0.39, 0.29) is 0 Å². The smallest absolute Gasteiger partial charge is 0.0467 e. The molecule has 68 valence electrons. The summed E-state index contributed by atoms with van der Waals surface area (Å²) in [5.74, 6) is 0.668. The molecule has 1 aliphatic carbocycles. The highest BCUT2D eigenvalue weighted by Crippen LogP contribution is 2.43. The highest BCUT2D eigenvalue weighted by atomic mass is 127. The zero-order valence-electron chi connectivity index (χ0n) is 8.53. The van der Waals surface area contributed by atoms with Crippen LogP contribution in [0.1, 0.15) is 34.6 Å². The second-order valence-electron chi connectivity index (χ2n) is 3.99. The fraction of sp³-hybridized carbons (Fsp3) is 0.636. The normalized spacial score (nSPS) is 36.8. The molecule has 0 nitrogen and oxygen atoms in total. The lowest BCUT2D eigenvalue weighted by Crippen LogP contribution is -2.31. The van der Waals surface area contributed by atoms with E-state index in [4.69, 9.17) is 0 Å². The van der Waals surface area contributed by atoms with Gasteiger partial charge < -0.3 is 0 Å². The third-order valence-electron chi connectivity index (χ3n) is 3.27. The predicted octanol–water partition coefficient (Wildman–Crippen LogP) is 4.11. The Bertz CT molecular complexity index is 256. The van der Waals surface area contributed by atoms with Crippen LogP contribution in [0.5, 0.6) is 0 Å². The summed E-state index contributed by atoms with van der Waals surface area (Å²) in [5.41, 5.74) is 4.48.